The van der Waals surface area contributed by atoms with Gasteiger partial charge in [-0.15, -0.1) is 0 Å². The molecule has 2 heterocycles. The molecule has 0 amide bonds. The van der Waals surface area contributed by atoms with E-state index in [1.54, 1.807) is 31.5 Å². The lowest BCUT2D eigenvalue weighted by molar-refractivity contribution is 0.0972. The molecule has 0 saturated carbocycles. The molecule has 0 bridgehead atoms. The van der Waals surface area contributed by atoms with E-state index < -0.39 is 17.1 Å². The van der Waals surface area contributed by atoms with E-state index in [1.807, 2.05) is 24.3 Å². The third kappa shape index (κ3) is 4.20. The first-order chi connectivity index (χ1) is 13.1. The number of hydrogen-bond donors (Lipinski definition) is 2. The zero-order chi connectivity index (χ0) is 19.2. The Bertz CT molecular complexity index is 1000. The number of hydrogen-bond acceptors (Lipinski definition) is 6. The Labute approximate surface area is 155 Å². The van der Waals surface area contributed by atoms with Crippen LogP contribution in [0.2, 0.25) is 0 Å². The molecule has 3 rings (SSSR count). The first kappa shape index (κ1) is 18.3. The van der Waals surface area contributed by atoms with E-state index in [1.165, 1.54) is 0 Å². The van der Waals surface area contributed by atoms with Crippen LogP contribution in [0, 0.1) is 0 Å². The molecule has 0 radical (unpaired) electrons. The van der Waals surface area contributed by atoms with Gasteiger partial charge in [0, 0.05) is 12.6 Å². The minimum Gasteiger partial charge on any atom is -0.501 e. The second-order valence-electron chi connectivity index (χ2n) is 5.92. The molecule has 138 valence electrons. The monoisotopic (exact) mass is 365 g/mol. The quantitative estimate of drug-likeness (QED) is 0.624. The number of aryl methyl sites for hydroxylation is 1. The summed E-state index contributed by atoms with van der Waals surface area (Å²) in [5, 5.41) is 9.97. The van der Waals surface area contributed by atoms with Gasteiger partial charge >= 0.3 is 0 Å². The van der Waals surface area contributed by atoms with Crippen LogP contribution in [-0.2, 0) is 6.42 Å². The number of para-hydroxylation sites is 1. The minimum absolute atomic E-state index is 0.143. The summed E-state index contributed by atoms with van der Waals surface area (Å²) in [7, 11) is 1.60. The van der Waals surface area contributed by atoms with Crippen LogP contribution in [0.3, 0.4) is 0 Å². The number of carbonyl (C=O) groups excluding carboxylic acids is 1. The zero-order valence-electron chi connectivity index (χ0n) is 14.8. The van der Waals surface area contributed by atoms with Crippen LogP contribution in [0.4, 0.5) is 0 Å². The van der Waals surface area contributed by atoms with Crippen molar-refractivity contribution >= 4 is 5.78 Å². The number of nitrogens with one attached hydrogen (secondary N) is 1. The smallest absolute Gasteiger partial charge is 0.294 e. The van der Waals surface area contributed by atoms with Gasteiger partial charge in [-0.3, -0.25) is 14.6 Å². The summed E-state index contributed by atoms with van der Waals surface area (Å²) in [5.41, 5.74) is 0.404. The molecule has 0 aliphatic rings. The Morgan fingerprint density at radius 3 is 2.70 bits per heavy atom. The maximum atomic E-state index is 12.5. The number of benzene rings is 1. The molecule has 7 nitrogen and oxygen atoms in total. The van der Waals surface area contributed by atoms with Gasteiger partial charge in [0.2, 0.25) is 5.75 Å². The van der Waals surface area contributed by atoms with E-state index in [0.29, 0.717) is 18.5 Å². The molecule has 0 atom stereocenters. The fourth-order valence-electron chi connectivity index (χ4n) is 2.75. The highest BCUT2D eigenvalue weighted by Crippen LogP contribution is 2.21. The Hall–Kier alpha value is -3.48. The summed E-state index contributed by atoms with van der Waals surface area (Å²) < 4.78 is 5.30. The summed E-state index contributed by atoms with van der Waals surface area (Å²) in [6.45, 7) is 0. The largest absolute Gasteiger partial charge is 0.501 e. The predicted octanol–water partition coefficient (Wildman–Crippen LogP) is 2.75. The molecule has 2 aromatic heterocycles. The van der Waals surface area contributed by atoms with E-state index >= 15 is 0 Å². The molecule has 0 fully saturated rings. The number of methoxy groups -OCH3 is 1. The molecular formula is C20H19N3O4. The average Bonchev–Trinajstić information content (AvgIpc) is 2.70. The van der Waals surface area contributed by atoms with Crippen molar-refractivity contribution in [2.24, 2.45) is 0 Å². The van der Waals surface area contributed by atoms with Crippen LogP contribution in [-0.4, -0.2) is 33.0 Å². The number of carbonyl (C=O) groups is 1. The molecular weight excluding hydrogens is 346 g/mol. The highest BCUT2D eigenvalue weighted by Gasteiger charge is 2.18. The predicted molar refractivity (Wildman–Crippen MR) is 100 cm³/mol. The molecule has 27 heavy (non-hydrogen) atoms. The molecule has 1 aromatic carbocycles. The van der Waals surface area contributed by atoms with Gasteiger partial charge < -0.3 is 14.8 Å². The van der Waals surface area contributed by atoms with Gasteiger partial charge in [0.1, 0.15) is 11.4 Å². The number of ether oxygens (including phenoxy) is 1. The first-order valence-electron chi connectivity index (χ1n) is 8.50. The van der Waals surface area contributed by atoms with Crippen molar-refractivity contribution in [2.75, 3.05) is 7.11 Å². The van der Waals surface area contributed by atoms with Gasteiger partial charge in [-0.1, -0.05) is 24.3 Å². The topological polar surface area (TPSA) is 105 Å². The lowest BCUT2D eigenvalue weighted by atomic mass is 10.0. The number of pyridine rings is 1. The fraction of sp³-hybridized carbons (Fsp3) is 0.200. The molecule has 0 saturated heterocycles. The van der Waals surface area contributed by atoms with Crippen molar-refractivity contribution in [1.82, 2.24) is 15.0 Å². The number of aromatic amines is 1. The van der Waals surface area contributed by atoms with E-state index in [9.17, 15) is 14.7 Å². The molecule has 0 spiro atoms. The Balaban J connectivity index is 1.76. The molecule has 7 heteroatoms. The number of nitrogens with zero attached hydrogens (tertiary/aromatic N) is 2. The summed E-state index contributed by atoms with van der Waals surface area (Å²) in [4.78, 5) is 35.2. The van der Waals surface area contributed by atoms with Crippen molar-refractivity contribution in [1.29, 1.82) is 0 Å². The normalized spacial score (nSPS) is 10.6. The Morgan fingerprint density at radius 1 is 1.19 bits per heavy atom. The van der Waals surface area contributed by atoms with E-state index in [4.69, 9.17) is 4.74 Å². The lowest BCUT2D eigenvalue weighted by Crippen LogP contribution is -2.16. The maximum absolute atomic E-state index is 12.5. The Kier molecular flexibility index (Phi) is 5.61. The van der Waals surface area contributed by atoms with Gasteiger partial charge in [0.15, 0.2) is 17.3 Å². The van der Waals surface area contributed by atoms with Crippen molar-refractivity contribution < 1.29 is 14.6 Å². The summed E-state index contributed by atoms with van der Waals surface area (Å²) in [5.74, 6) is -0.159. The number of Topliss-reactive ketones (excluding diaryl/α,β-unsaturated/α-hetero) is 1. The highest BCUT2D eigenvalue weighted by atomic mass is 16.5. The summed E-state index contributed by atoms with van der Waals surface area (Å²) in [6.07, 6.45) is 2.86. The number of H-pyrrole nitrogens is 1. The van der Waals surface area contributed by atoms with Crippen LogP contribution < -0.4 is 10.3 Å². The molecule has 0 aliphatic carbocycles. The Morgan fingerprint density at radius 2 is 1.96 bits per heavy atom. The third-order valence-electron chi connectivity index (χ3n) is 4.11. The van der Waals surface area contributed by atoms with Crippen molar-refractivity contribution in [3.05, 3.63) is 70.3 Å². The first-order valence-corrected chi connectivity index (χ1v) is 8.50. The van der Waals surface area contributed by atoms with Crippen molar-refractivity contribution in [2.45, 2.75) is 19.3 Å². The van der Waals surface area contributed by atoms with Crippen LogP contribution in [0.25, 0.3) is 11.5 Å². The van der Waals surface area contributed by atoms with Gasteiger partial charge in [-0.25, -0.2) is 4.98 Å². The number of rotatable bonds is 7. The number of ketones is 1. The van der Waals surface area contributed by atoms with Gasteiger partial charge in [0.25, 0.3) is 5.56 Å². The zero-order valence-corrected chi connectivity index (χ0v) is 14.8. The maximum Gasteiger partial charge on any atom is 0.294 e. The second-order valence-corrected chi connectivity index (χ2v) is 5.92. The van der Waals surface area contributed by atoms with Crippen LogP contribution in [0.1, 0.15) is 28.9 Å². The van der Waals surface area contributed by atoms with E-state index in [0.717, 1.165) is 11.3 Å². The minimum atomic E-state index is -0.765. The van der Waals surface area contributed by atoms with Crippen LogP contribution in [0.15, 0.2) is 53.5 Å². The molecule has 0 unspecified atom stereocenters. The second kappa shape index (κ2) is 8.27. The summed E-state index contributed by atoms with van der Waals surface area (Å²) in [6, 6.07) is 12.7. The van der Waals surface area contributed by atoms with Crippen molar-refractivity contribution in [3.63, 3.8) is 0 Å². The standard InChI is InChI=1S/C20H19N3O4/c1-27-16-11-3-2-7-13(16)8-6-10-15(24)17-18(25)20(26)23-19(22-17)14-9-4-5-12-21-14/h2-5,7,9,11-12,25H,6,8,10H2,1H3,(H,22,23,26). The highest BCUT2D eigenvalue weighted by molar-refractivity contribution is 5.96. The molecule has 3 aromatic rings. The van der Waals surface area contributed by atoms with Gasteiger partial charge in [0.05, 0.1) is 7.11 Å². The van der Waals surface area contributed by atoms with E-state index in [-0.39, 0.29) is 17.9 Å². The van der Waals surface area contributed by atoms with Gasteiger partial charge in [-0.2, -0.15) is 0 Å². The lowest BCUT2D eigenvalue weighted by Gasteiger charge is -2.08. The molecule has 0 aliphatic heterocycles. The van der Waals surface area contributed by atoms with E-state index in [2.05, 4.69) is 15.0 Å². The van der Waals surface area contributed by atoms with Crippen LogP contribution in [0.5, 0.6) is 11.5 Å². The average molecular weight is 365 g/mol. The molecule has 2 N–H and O–H groups in total. The SMILES string of the molecule is COc1ccccc1CCCC(=O)c1nc(-c2ccccn2)[nH]c(=O)c1O. The number of aromatic nitrogens is 3. The number of aromatic hydroxyl groups is 1. The van der Waals surface area contributed by atoms with Crippen LogP contribution >= 0.6 is 0 Å². The van der Waals surface area contributed by atoms with Gasteiger partial charge in [-0.05, 0) is 36.6 Å². The fourth-order valence-corrected chi connectivity index (χ4v) is 2.75. The summed E-state index contributed by atoms with van der Waals surface area (Å²) >= 11 is 0. The third-order valence-corrected chi connectivity index (χ3v) is 4.11. The van der Waals surface area contributed by atoms with Crippen molar-refractivity contribution in [3.8, 4) is 23.0 Å².